The van der Waals surface area contributed by atoms with E-state index < -0.39 is 5.41 Å². The van der Waals surface area contributed by atoms with Gasteiger partial charge in [0.15, 0.2) is 0 Å². The molecule has 0 atom stereocenters. The van der Waals surface area contributed by atoms with Gasteiger partial charge in [0.1, 0.15) is 0 Å². The van der Waals surface area contributed by atoms with E-state index in [-0.39, 0.29) is 5.91 Å². The van der Waals surface area contributed by atoms with E-state index in [1.54, 1.807) is 0 Å². The van der Waals surface area contributed by atoms with Crippen LogP contribution in [0.25, 0.3) is 0 Å². The van der Waals surface area contributed by atoms with Gasteiger partial charge in [0.2, 0.25) is 5.91 Å². The molecule has 0 bridgehead atoms. The van der Waals surface area contributed by atoms with Gasteiger partial charge in [-0.3, -0.25) is 4.79 Å². The Labute approximate surface area is 134 Å². The molecule has 1 amide bonds. The van der Waals surface area contributed by atoms with Crippen LogP contribution in [0.5, 0.6) is 0 Å². The Morgan fingerprint density at radius 1 is 1.05 bits per heavy atom. The first-order valence-corrected chi connectivity index (χ1v) is 7.64. The van der Waals surface area contributed by atoms with Gasteiger partial charge in [-0.2, -0.15) is 0 Å². The minimum Gasteiger partial charge on any atom is -0.351 e. The lowest BCUT2D eigenvalue weighted by molar-refractivity contribution is -0.123. The fraction of sp³-hybridized carbons (Fsp3) is 0.235. The average Bonchev–Trinajstić information content (AvgIpc) is 3.28. The van der Waals surface area contributed by atoms with Crippen molar-refractivity contribution in [3.05, 3.63) is 69.7 Å². The summed E-state index contributed by atoms with van der Waals surface area (Å²) >= 11 is 11.9. The van der Waals surface area contributed by atoms with Gasteiger partial charge in [-0.25, -0.2) is 0 Å². The SMILES string of the molecule is O=C(NCc1ccc(Cl)cc1)C1(c2cccc(Cl)c2)CC1. The van der Waals surface area contributed by atoms with Crippen LogP contribution in [0, 0.1) is 0 Å². The molecule has 0 saturated heterocycles. The van der Waals surface area contributed by atoms with E-state index >= 15 is 0 Å². The third kappa shape index (κ3) is 3.07. The summed E-state index contributed by atoms with van der Waals surface area (Å²) in [4.78, 5) is 12.5. The fourth-order valence-electron chi connectivity index (χ4n) is 2.51. The molecule has 1 saturated carbocycles. The van der Waals surface area contributed by atoms with Gasteiger partial charge < -0.3 is 5.32 Å². The average molecular weight is 320 g/mol. The van der Waals surface area contributed by atoms with E-state index in [0.717, 1.165) is 24.0 Å². The van der Waals surface area contributed by atoms with Gasteiger partial charge in [0.05, 0.1) is 5.41 Å². The number of benzene rings is 2. The van der Waals surface area contributed by atoms with Crippen molar-refractivity contribution in [1.29, 1.82) is 0 Å². The van der Waals surface area contributed by atoms with E-state index in [0.29, 0.717) is 16.6 Å². The van der Waals surface area contributed by atoms with Gasteiger partial charge >= 0.3 is 0 Å². The van der Waals surface area contributed by atoms with Crippen molar-refractivity contribution in [2.75, 3.05) is 0 Å². The number of hydrogen-bond donors (Lipinski definition) is 1. The maximum atomic E-state index is 12.5. The van der Waals surface area contributed by atoms with Crippen LogP contribution in [0.3, 0.4) is 0 Å². The van der Waals surface area contributed by atoms with Crippen molar-refractivity contribution < 1.29 is 4.79 Å². The zero-order chi connectivity index (χ0) is 14.9. The molecule has 0 unspecified atom stereocenters. The number of halogens is 2. The number of rotatable bonds is 4. The normalized spacial score (nSPS) is 15.5. The maximum absolute atomic E-state index is 12.5. The summed E-state index contributed by atoms with van der Waals surface area (Å²) in [6.45, 7) is 0.512. The highest BCUT2D eigenvalue weighted by Crippen LogP contribution is 2.48. The van der Waals surface area contributed by atoms with Crippen LogP contribution in [-0.4, -0.2) is 5.91 Å². The molecular weight excluding hydrogens is 305 g/mol. The zero-order valence-corrected chi connectivity index (χ0v) is 12.9. The second-order valence-corrected chi connectivity index (χ2v) is 6.27. The molecule has 21 heavy (non-hydrogen) atoms. The van der Waals surface area contributed by atoms with Gasteiger partial charge in [-0.15, -0.1) is 0 Å². The summed E-state index contributed by atoms with van der Waals surface area (Å²) in [6, 6.07) is 15.1. The van der Waals surface area contributed by atoms with Crippen LogP contribution >= 0.6 is 23.2 Å². The van der Waals surface area contributed by atoms with E-state index in [1.807, 2.05) is 48.5 Å². The Kier molecular flexibility index (Phi) is 3.92. The van der Waals surface area contributed by atoms with E-state index in [9.17, 15) is 4.79 Å². The zero-order valence-electron chi connectivity index (χ0n) is 11.4. The van der Waals surface area contributed by atoms with Crippen LogP contribution in [0.4, 0.5) is 0 Å². The second kappa shape index (κ2) is 5.70. The van der Waals surface area contributed by atoms with Gasteiger partial charge in [-0.1, -0.05) is 47.5 Å². The molecule has 108 valence electrons. The summed E-state index contributed by atoms with van der Waals surface area (Å²) in [7, 11) is 0. The molecule has 0 radical (unpaired) electrons. The molecule has 0 aromatic heterocycles. The number of amides is 1. The van der Waals surface area contributed by atoms with Crippen molar-refractivity contribution in [1.82, 2.24) is 5.32 Å². The van der Waals surface area contributed by atoms with E-state index in [4.69, 9.17) is 23.2 Å². The molecule has 2 aromatic rings. The fourth-order valence-corrected chi connectivity index (χ4v) is 2.83. The van der Waals surface area contributed by atoms with Crippen LogP contribution in [-0.2, 0) is 16.8 Å². The van der Waals surface area contributed by atoms with Crippen molar-refractivity contribution in [3.63, 3.8) is 0 Å². The first-order chi connectivity index (χ1) is 10.1. The predicted molar refractivity (Wildman–Crippen MR) is 85.7 cm³/mol. The lowest BCUT2D eigenvalue weighted by Gasteiger charge is -2.16. The van der Waals surface area contributed by atoms with Crippen molar-refractivity contribution >= 4 is 29.1 Å². The summed E-state index contributed by atoms with van der Waals surface area (Å²) in [6.07, 6.45) is 1.75. The van der Waals surface area contributed by atoms with Crippen molar-refractivity contribution in [3.8, 4) is 0 Å². The molecule has 0 aliphatic heterocycles. The minimum atomic E-state index is -0.392. The molecule has 1 aliphatic rings. The van der Waals surface area contributed by atoms with Gasteiger partial charge in [0, 0.05) is 16.6 Å². The lowest BCUT2D eigenvalue weighted by atomic mass is 9.95. The quantitative estimate of drug-likeness (QED) is 0.892. The first kappa shape index (κ1) is 14.4. The Hall–Kier alpha value is -1.51. The summed E-state index contributed by atoms with van der Waals surface area (Å²) in [5, 5.41) is 4.38. The highest BCUT2D eigenvalue weighted by molar-refractivity contribution is 6.30. The Morgan fingerprint density at radius 2 is 1.76 bits per heavy atom. The number of carbonyl (C=O) groups excluding carboxylic acids is 1. The Morgan fingerprint density at radius 3 is 2.38 bits per heavy atom. The highest BCUT2D eigenvalue weighted by atomic mass is 35.5. The molecular formula is C17H15Cl2NO. The number of nitrogens with one attached hydrogen (secondary N) is 1. The smallest absolute Gasteiger partial charge is 0.230 e. The van der Waals surface area contributed by atoms with Crippen LogP contribution < -0.4 is 5.32 Å². The highest BCUT2D eigenvalue weighted by Gasteiger charge is 2.51. The Balaban J connectivity index is 1.69. The first-order valence-electron chi connectivity index (χ1n) is 6.89. The molecule has 1 N–H and O–H groups in total. The summed E-state index contributed by atoms with van der Waals surface area (Å²) in [5.41, 5.74) is 1.65. The molecule has 0 spiro atoms. The molecule has 2 aromatic carbocycles. The molecule has 1 aliphatic carbocycles. The minimum absolute atomic E-state index is 0.0692. The van der Waals surface area contributed by atoms with Gasteiger partial charge in [0.25, 0.3) is 0 Å². The standard InChI is InChI=1S/C17H15Cl2NO/c18-14-6-4-12(5-7-14)11-20-16(21)17(8-9-17)13-2-1-3-15(19)10-13/h1-7,10H,8-9,11H2,(H,20,21). The van der Waals surface area contributed by atoms with Crippen molar-refractivity contribution in [2.45, 2.75) is 24.8 Å². The largest absolute Gasteiger partial charge is 0.351 e. The molecule has 0 heterocycles. The molecule has 1 fully saturated rings. The van der Waals surface area contributed by atoms with E-state index in [2.05, 4.69) is 5.32 Å². The van der Waals surface area contributed by atoms with Crippen LogP contribution in [0.15, 0.2) is 48.5 Å². The maximum Gasteiger partial charge on any atom is 0.230 e. The topological polar surface area (TPSA) is 29.1 Å². The number of hydrogen-bond acceptors (Lipinski definition) is 1. The molecule has 4 heteroatoms. The summed E-state index contributed by atoms with van der Waals surface area (Å²) in [5.74, 6) is 0.0692. The van der Waals surface area contributed by atoms with Crippen LogP contribution in [0.2, 0.25) is 10.0 Å². The van der Waals surface area contributed by atoms with Crippen molar-refractivity contribution in [2.24, 2.45) is 0 Å². The van der Waals surface area contributed by atoms with Crippen LogP contribution in [0.1, 0.15) is 24.0 Å². The molecule has 3 rings (SSSR count). The summed E-state index contributed by atoms with van der Waals surface area (Å²) < 4.78 is 0. The Bertz CT molecular complexity index is 663. The lowest BCUT2D eigenvalue weighted by Crippen LogP contribution is -2.34. The second-order valence-electron chi connectivity index (χ2n) is 5.40. The van der Waals surface area contributed by atoms with E-state index in [1.165, 1.54) is 0 Å². The monoisotopic (exact) mass is 319 g/mol. The van der Waals surface area contributed by atoms with Gasteiger partial charge in [-0.05, 0) is 48.2 Å². The number of carbonyl (C=O) groups is 1. The molecule has 2 nitrogen and oxygen atoms in total. The predicted octanol–water partition coefficient (Wildman–Crippen LogP) is 4.34. The third-order valence-electron chi connectivity index (χ3n) is 3.93. The third-order valence-corrected chi connectivity index (χ3v) is 4.42.